The molecule has 0 amide bonds. The van der Waals surface area contributed by atoms with Gasteiger partial charge in [0.2, 0.25) is 0 Å². The molecule has 0 heterocycles. The topological polar surface area (TPSA) is 32.7 Å². The lowest BCUT2D eigenvalue weighted by atomic mass is 10.1. The number of aromatic hydroxyl groups is 1. The van der Waals surface area contributed by atoms with Gasteiger partial charge in [-0.25, -0.2) is 0 Å². The van der Waals surface area contributed by atoms with Crippen LogP contribution in [0.5, 0.6) is 11.5 Å². The maximum absolute atomic E-state index is 9.82. The number of aryl methyl sites for hydroxylation is 2. The molecule has 0 aliphatic heterocycles. The van der Waals surface area contributed by atoms with Crippen LogP contribution in [0.2, 0.25) is 0 Å². The monoisotopic (exact) mass is 271 g/mol. The Morgan fingerprint density at radius 1 is 1.05 bits per heavy atom. The van der Waals surface area contributed by atoms with Crippen LogP contribution in [0.15, 0.2) is 36.4 Å². The molecule has 0 saturated heterocycles. The lowest BCUT2D eigenvalue weighted by Gasteiger charge is -2.21. The summed E-state index contributed by atoms with van der Waals surface area (Å²) < 4.78 is 5.06. The minimum absolute atomic E-state index is 0.179. The van der Waals surface area contributed by atoms with Gasteiger partial charge in [-0.15, -0.1) is 0 Å². The third kappa shape index (κ3) is 3.23. The number of hydrogen-bond acceptors (Lipinski definition) is 3. The summed E-state index contributed by atoms with van der Waals surface area (Å²) in [5.41, 5.74) is 4.73. The van der Waals surface area contributed by atoms with E-state index < -0.39 is 0 Å². The molecule has 0 aliphatic carbocycles. The molecular formula is C17H21NO2. The van der Waals surface area contributed by atoms with Crippen LogP contribution >= 0.6 is 0 Å². The summed E-state index contributed by atoms with van der Waals surface area (Å²) in [7, 11) is 3.60. The molecule has 2 aromatic carbocycles. The number of methoxy groups -OCH3 is 1. The summed E-state index contributed by atoms with van der Waals surface area (Å²) in [4.78, 5) is 2.17. The van der Waals surface area contributed by atoms with Gasteiger partial charge in [0.1, 0.15) is 0 Å². The van der Waals surface area contributed by atoms with E-state index in [0.29, 0.717) is 5.75 Å². The van der Waals surface area contributed by atoms with Crippen molar-refractivity contribution < 1.29 is 9.84 Å². The molecule has 106 valence electrons. The van der Waals surface area contributed by atoms with Crippen LogP contribution in [0, 0.1) is 13.8 Å². The maximum atomic E-state index is 9.82. The van der Waals surface area contributed by atoms with Gasteiger partial charge in [-0.1, -0.05) is 12.1 Å². The van der Waals surface area contributed by atoms with Crippen molar-refractivity contribution in [2.45, 2.75) is 20.4 Å². The first-order chi connectivity index (χ1) is 9.49. The van der Waals surface area contributed by atoms with Gasteiger partial charge in [-0.05, 0) is 54.8 Å². The molecular weight excluding hydrogens is 250 g/mol. The number of anilines is 1. The van der Waals surface area contributed by atoms with Crippen LogP contribution in [0.3, 0.4) is 0 Å². The number of nitrogens with zero attached hydrogens (tertiary/aromatic N) is 1. The molecule has 0 unspecified atom stereocenters. The summed E-state index contributed by atoms with van der Waals surface area (Å²) in [5.74, 6) is 0.682. The van der Waals surface area contributed by atoms with Crippen LogP contribution in [-0.2, 0) is 6.54 Å². The second-order valence-corrected chi connectivity index (χ2v) is 5.21. The Balaban J connectivity index is 2.18. The number of rotatable bonds is 4. The Labute approximate surface area is 120 Å². The summed E-state index contributed by atoms with van der Waals surface area (Å²) in [6.45, 7) is 4.94. The first-order valence-electron chi connectivity index (χ1n) is 6.65. The number of ether oxygens (including phenoxy) is 1. The second-order valence-electron chi connectivity index (χ2n) is 5.21. The van der Waals surface area contributed by atoms with E-state index in [1.807, 2.05) is 6.07 Å². The standard InChI is InChI=1S/C17H21NO2/c1-12-7-13(2)9-15(8-12)18(3)11-14-5-6-17(20-4)16(19)10-14/h5-10,19H,11H2,1-4H3. The highest BCUT2D eigenvalue weighted by Gasteiger charge is 2.07. The zero-order valence-corrected chi connectivity index (χ0v) is 12.5. The van der Waals surface area contributed by atoms with Gasteiger partial charge >= 0.3 is 0 Å². The first kappa shape index (κ1) is 14.3. The van der Waals surface area contributed by atoms with Gasteiger partial charge < -0.3 is 14.7 Å². The largest absolute Gasteiger partial charge is 0.504 e. The molecule has 0 aliphatic rings. The molecule has 0 spiro atoms. The van der Waals surface area contributed by atoms with Gasteiger partial charge in [0.15, 0.2) is 11.5 Å². The molecule has 0 aromatic heterocycles. The number of benzene rings is 2. The van der Waals surface area contributed by atoms with E-state index in [1.54, 1.807) is 19.2 Å². The third-order valence-corrected chi connectivity index (χ3v) is 3.31. The minimum Gasteiger partial charge on any atom is -0.504 e. The highest BCUT2D eigenvalue weighted by atomic mass is 16.5. The van der Waals surface area contributed by atoms with E-state index in [2.05, 4.69) is 44.0 Å². The fraction of sp³-hybridized carbons (Fsp3) is 0.294. The fourth-order valence-corrected chi connectivity index (χ4v) is 2.37. The van der Waals surface area contributed by atoms with Crippen LogP contribution in [-0.4, -0.2) is 19.3 Å². The predicted octanol–water partition coefficient (Wildman–Crippen LogP) is 3.65. The van der Waals surface area contributed by atoms with E-state index in [1.165, 1.54) is 16.8 Å². The molecule has 1 N–H and O–H groups in total. The fourth-order valence-electron chi connectivity index (χ4n) is 2.37. The Hall–Kier alpha value is -2.16. The van der Waals surface area contributed by atoms with Gasteiger partial charge in [-0.3, -0.25) is 0 Å². The smallest absolute Gasteiger partial charge is 0.160 e. The van der Waals surface area contributed by atoms with Gasteiger partial charge in [0.05, 0.1) is 7.11 Å². The molecule has 2 rings (SSSR count). The van der Waals surface area contributed by atoms with Crippen molar-refractivity contribution in [2.75, 3.05) is 19.1 Å². The van der Waals surface area contributed by atoms with Crippen molar-refractivity contribution in [3.8, 4) is 11.5 Å². The Bertz CT molecular complexity index is 588. The highest BCUT2D eigenvalue weighted by Crippen LogP contribution is 2.27. The normalized spacial score (nSPS) is 10.4. The molecule has 0 atom stereocenters. The Morgan fingerprint density at radius 3 is 2.25 bits per heavy atom. The predicted molar refractivity (Wildman–Crippen MR) is 82.7 cm³/mol. The quantitative estimate of drug-likeness (QED) is 0.921. The molecule has 2 aromatic rings. The Morgan fingerprint density at radius 2 is 1.70 bits per heavy atom. The van der Waals surface area contributed by atoms with E-state index in [0.717, 1.165) is 12.1 Å². The molecule has 3 nitrogen and oxygen atoms in total. The molecule has 0 fully saturated rings. The number of phenolic OH excluding ortho intramolecular Hbond substituents is 1. The van der Waals surface area contributed by atoms with E-state index >= 15 is 0 Å². The van der Waals surface area contributed by atoms with Crippen molar-refractivity contribution in [1.82, 2.24) is 0 Å². The van der Waals surface area contributed by atoms with Crippen molar-refractivity contribution in [2.24, 2.45) is 0 Å². The third-order valence-electron chi connectivity index (χ3n) is 3.31. The molecule has 20 heavy (non-hydrogen) atoms. The average molecular weight is 271 g/mol. The van der Waals surface area contributed by atoms with Crippen molar-refractivity contribution >= 4 is 5.69 Å². The van der Waals surface area contributed by atoms with Gasteiger partial charge in [0, 0.05) is 19.3 Å². The Kier molecular flexibility index (Phi) is 4.18. The van der Waals surface area contributed by atoms with Crippen LogP contribution in [0.1, 0.15) is 16.7 Å². The van der Waals surface area contributed by atoms with E-state index in [-0.39, 0.29) is 5.75 Å². The van der Waals surface area contributed by atoms with Crippen molar-refractivity contribution in [3.05, 3.63) is 53.1 Å². The average Bonchev–Trinajstić information content (AvgIpc) is 2.37. The lowest BCUT2D eigenvalue weighted by Crippen LogP contribution is -2.16. The zero-order chi connectivity index (χ0) is 14.7. The van der Waals surface area contributed by atoms with Crippen molar-refractivity contribution in [1.29, 1.82) is 0 Å². The number of phenols is 1. The van der Waals surface area contributed by atoms with Crippen LogP contribution in [0.25, 0.3) is 0 Å². The molecule has 0 bridgehead atoms. The van der Waals surface area contributed by atoms with Gasteiger partial charge in [-0.2, -0.15) is 0 Å². The number of hydrogen-bond donors (Lipinski definition) is 1. The van der Waals surface area contributed by atoms with Crippen molar-refractivity contribution in [3.63, 3.8) is 0 Å². The molecule has 0 saturated carbocycles. The SMILES string of the molecule is COc1ccc(CN(C)c2cc(C)cc(C)c2)cc1O. The molecule has 0 radical (unpaired) electrons. The van der Waals surface area contributed by atoms with Crippen LogP contribution < -0.4 is 9.64 Å². The van der Waals surface area contributed by atoms with E-state index in [9.17, 15) is 5.11 Å². The minimum atomic E-state index is 0.179. The molecule has 3 heteroatoms. The first-order valence-corrected chi connectivity index (χ1v) is 6.65. The zero-order valence-electron chi connectivity index (χ0n) is 12.5. The summed E-state index contributed by atoms with van der Waals surface area (Å²) in [6, 6.07) is 12.0. The highest BCUT2D eigenvalue weighted by molar-refractivity contribution is 5.51. The lowest BCUT2D eigenvalue weighted by molar-refractivity contribution is 0.373. The van der Waals surface area contributed by atoms with Gasteiger partial charge in [0.25, 0.3) is 0 Å². The second kappa shape index (κ2) is 5.87. The van der Waals surface area contributed by atoms with E-state index in [4.69, 9.17) is 4.74 Å². The maximum Gasteiger partial charge on any atom is 0.160 e. The summed E-state index contributed by atoms with van der Waals surface area (Å²) in [5, 5.41) is 9.82. The summed E-state index contributed by atoms with van der Waals surface area (Å²) in [6.07, 6.45) is 0. The van der Waals surface area contributed by atoms with Crippen LogP contribution in [0.4, 0.5) is 5.69 Å². The summed E-state index contributed by atoms with van der Waals surface area (Å²) >= 11 is 0.